The van der Waals surface area contributed by atoms with Gasteiger partial charge in [0.2, 0.25) is 11.7 Å². The van der Waals surface area contributed by atoms with Gasteiger partial charge in [-0.05, 0) is 26.0 Å². The van der Waals surface area contributed by atoms with Crippen LogP contribution in [0.1, 0.15) is 19.7 Å². The minimum atomic E-state index is -0.906. The third-order valence-corrected chi connectivity index (χ3v) is 3.10. The van der Waals surface area contributed by atoms with Gasteiger partial charge in [0.15, 0.2) is 5.76 Å². The number of nitrogens with zero attached hydrogens (tertiary/aromatic N) is 4. The molecule has 3 heterocycles. The highest BCUT2D eigenvalue weighted by molar-refractivity contribution is 6.44. The van der Waals surface area contributed by atoms with Crippen LogP contribution in [0.5, 0.6) is 0 Å². The van der Waals surface area contributed by atoms with Gasteiger partial charge in [0.25, 0.3) is 0 Å². The van der Waals surface area contributed by atoms with Gasteiger partial charge in [-0.2, -0.15) is 4.98 Å². The van der Waals surface area contributed by atoms with E-state index in [0.717, 1.165) is 9.80 Å². The molecule has 0 aromatic carbocycles. The van der Waals surface area contributed by atoms with Gasteiger partial charge >= 0.3 is 17.8 Å². The Bertz CT molecular complexity index is 733. The lowest BCUT2D eigenvalue weighted by Gasteiger charge is -2.17. The summed E-state index contributed by atoms with van der Waals surface area (Å²) >= 11 is 0. The van der Waals surface area contributed by atoms with Crippen molar-refractivity contribution in [3.8, 4) is 11.6 Å². The normalized spacial score (nSPS) is 15.5. The minimum absolute atomic E-state index is 0.0338. The summed E-state index contributed by atoms with van der Waals surface area (Å²) in [7, 11) is 0. The third kappa shape index (κ3) is 2.16. The van der Waals surface area contributed by atoms with Gasteiger partial charge in [0, 0.05) is 6.04 Å². The van der Waals surface area contributed by atoms with Crippen molar-refractivity contribution in [1.29, 1.82) is 0 Å². The zero-order chi connectivity index (χ0) is 15.9. The molecular formula is C13H12N4O5. The maximum atomic E-state index is 12.1. The lowest BCUT2D eigenvalue weighted by Crippen LogP contribution is -2.37. The Morgan fingerprint density at radius 3 is 2.59 bits per heavy atom. The second kappa shape index (κ2) is 5.10. The largest absolute Gasteiger partial charge is 0.461 e. The van der Waals surface area contributed by atoms with Gasteiger partial charge in [0.1, 0.15) is 6.54 Å². The number of furan rings is 1. The van der Waals surface area contributed by atoms with E-state index in [1.165, 1.54) is 6.26 Å². The smallest absolute Gasteiger partial charge is 0.334 e. The molecule has 2 aromatic heterocycles. The monoisotopic (exact) mass is 304 g/mol. The molecule has 9 heteroatoms. The van der Waals surface area contributed by atoms with E-state index in [0.29, 0.717) is 5.76 Å². The topological polar surface area (TPSA) is 110 Å². The summed E-state index contributed by atoms with van der Waals surface area (Å²) < 4.78 is 10.1. The highest BCUT2D eigenvalue weighted by Crippen LogP contribution is 2.20. The fraction of sp³-hybridized carbons (Fsp3) is 0.308. The fourth-order valence-corrected chi connectivity index (χ4v) is 2.08. The van der Waals surface area contributed by atoms with E-state index in [4.69, 9.17) is 8.94 Å². The zero-order valence-corrected chi connectivity index (χ0v) is 11.8. The van der Waals surface area contributed by atoms with Crippen molar-refractivity contribution in [3.05, 3.63) is 24.3 Å². The van der Waals surface area contributed by atoms with Crippen molar-refractivity contribution in [2.75, 3.05) is 0 Å². The molecule has 1 aliphatic heterocycles. The molecule has 0 atom stereocenters. The first-order chi connectivity index (χ1) is 10.5. The van der Waals surface area contributed by atoms with Crippen LogP contribution in [0.2, 0.25) is 0 Å². The molecule has 4 amide bonds. The summed E-state index contributed by atoms with van der Waals surface area (Å²) in [5.41, 5.74) is 0. The van der Waals surface area contributed by atoms with Crippen LogP contribution in [0.15, 0.2) is 27.3 Å². The van der Waals surface area contributed by atoms with E-state index < -0.39 is 23.9 Å². The van der Waals surface area contributed by atoms with Crippen LogP contribution in [0, 0.1) is 0 Å². The molecule has 0 N–H and O–H groups in total. The van der Waals surface area contributed by atoms with Crippen LogP contribution >= 0.6 is 0 Å². The number of aromatic nitrogens is 2. The van der Waals surface area contributed by atoms with Crippen LogP contribution in [0.25, 0.3) is 11.6 Å². The van der Waals surface area contributed by atoms with Gasteiger partial charge in [-0.15, -0.1) is 0 Å². The van der Waals surface area contributed by atoms with Crippen molar-refractivity contribution in [1.82, 2.24) is 19.9 Å². The van der Waals surface area contributed by atoms with Crippen molar-refractivity contribution in [2.24, 2.45) is 0 Å². The molecule has 0 radical (unpaired) electrons. The summed E-state index contributed by atoms with van der Waals surface area (Å²) in [6.45, 7) is 3.03. The molecule has 0 unspecified atom stereocenters. The van der Waals surface area contributed by atoms with Crippen LogP contribution in [0.3, 0.4) is 0 Å². The predicted octanol–water partition coefficient (Wildman–Crippen LogP) is 1.03. The number of hydrogen-bond donors (Lipinski definition) is 0. The Labute approximate surface area is 124 Å². The Morgan fingerprint density at radius 1 is 1.23 bits per heavy atom. The molecule has 0 bridgehead atoms. The second-order valence-corrected chi connectivity index (χ2v) is 4.93. The van der Waals surface area contributed by atoms with Crippen LogP contribution in [-0.2, 0) is 16.1 Å². The third-order valence-electron chi connectivity index (χ3n) is 3.10. The second-order valence-electron chi connectivity index (χ2n) is 4.93. The number of urea groups is 1. The quantitative estimate of drug-likeness (QED) is 0.612. The summed E-state index contributed by atoms with van der Waals surface area (Å²) in [5, 5.41) is 3.70. The standard InChI is InChI=1S/C13H12N4O5/c1-7(2)17-12(19)11(18)16(13(17)20)6-9-14-10(15-22-9)8-4-3-5-21-8/h3-5,7H,6H2,1-2H3. The molecule has 2 aromatic rings. The van der Waals surface area contributed by atoms with Crippen LogP contribution in [-0.4, -0.2) is 43.8 Å². The lowest BCUT2D eigenvalue weighted by atomic mass is 10.3. The van der Waals surface area contributed by atoms with Crippen molar-refractivity contribution >= 4 is 17.8 Å². The molecule has 1 fully saturated rings. The van der Waals surface area contributed by atoms with E-state index in [2.05, 4.69) is 10.1 Å². The maximum Gasteiger partial charge on any atom is 0.334 e. The van der Waals surface area contributed by atoms with E-state index in [1.54, 1.807) is 26.0 Å². The molecule has 1 aliphatic rings. The summed E-state index contributed by atoms with van der Waals surface area (Å²) in [6, 6.07) is 2.21. The molecule has 1 saturated heterocycles. The van der Waals surface area contributed by atoms with Crippen molar-refractivity contribution in [3.63, 3.8) is 0 Å². The first-order valence-electron chi connectivity index (χ1n) is 6.54. The first-order valence-corrected chi connectivity index (χ1v) is 6.54. The first kappa shape index (κ1) is 14.0. The number of rotatable bonds is 4. The van der Waals surface area contributed by atoms with Crippen molar-refractivity contribution < 1.29 is 23.3 Å². The van der Waals surface area contributed by atoms with Crippen LogP contribution < -0.4 is 0 Å². The van der Waals surface area contributed by atoms with Crippen molar-refractivity contribution in [2.45, 2.75) is 26.4 Å². The zero-order valence-electron chi connectivity index (χ0n) is 11.8. The van der Waals surface area contributed by atoms with E-state index >= 15 is 0 Å². The fourth-order valence-electron chi connectivity index (χ4n) is 2.08. The molecule has 0 spiro atoms. The Morgan fingerprint density at radius 2 is 2.00 bits per heavy atom. The number of carbonyl (C=O) groups is 3. The van der Waals surface area contributed by atoms with Crippen LogP contribution in [0.4, 0.5) is 4.79 Å². The molecule has 114 valence electrons. The SMILES string of the molecule is CC(C)N1C(=O)C(=O)N(Cc2nc(-c3ccco3)no2)C1=O. The number of amides is 4. The van der Waals surface area contributed by atoms with Gasteiger partial charge < -0.3 is 8.94 Å². The Hall–Kier alpha value is -2.97. The summed E-state index contributed by atoms with van der Waals surface area (Å²) in [6.07, 6.45) is 1.46. The lowest BCUT2D eigenvalue weighted by molar-refractivity contribution is -0.144. The number of carbonyl (C=O) groups excluding carboxylic acids is 3. The highest BCUT2D eigenvalue weighted by atomic mass is 16.5. The van der Waals surface area contributed by atoms with Gasteiger partial charge in [-0.25, -0.2) is 9.69 Å². The molecule has 0 aliphatic carbocycles. The predicted molar refractivity (Wildman–Crippen MR) is 69.9 cm³/mol. The van der Waals surface area contributed by atoms with E-state index in [9.17, 15) is 14.4 Å². The average Bonchev–Trinajstić information content (AvgIpc) is 3.17. The summed E-state index contributed by atoms with van der Waals surface area (Å²) in [4.78, 5) is 41.5. The molecule has 0 saturated carbocycles. The van der Waals surface area contributed by atoms with E-state index in [-0.39, 0.29) is 18.3 Å². The Kier molecular flexibility index (Phi) is 3.24. The number of hydrogen-bond acceptors (Lipinski definition) is 7. The van der Waals surface area contributed by atoms with E-state index in [1.807, 2.05) is 0 Å². The minimum Gasteiger partial charge on any atom is -0.461 e. The van der Waals surface area contributed by atoms with Gasteiger partial charge in [-0.3, -0.25) is 14.5 Å². The molecule has 22 heavy (non-hydrogen) atoms. The van der Waals surface area contributed by atoms with Gasteiger partial charge in [-0.1, -0.05) is 5.16 Å². The maximum absolute atomic E-state index is 12.1. The Balaban J connectivity index is 1.80. The number of imide groups is 2. The molecular weight excluding hydrogens is 292 g/mol. The molecule has 9 nitrogen and oxygen atoms in total. The highest BCUT2D eigenvalue weighted by Gasteiger charge is 2.46. The van der Waals surface area contributed by atoms with Gasteiger partial charge in [0.05, 0.1) is 6.26 Å². The average molecular weight is 304 g/mol. The molecule has 3 rings (SSSR count). The summed E-state index contributed by atoms with van der Waals surface area (Å²) in [5.74, 6) is -1.13.